The van der Waals surface area contributed by atoms with Crippen LogP contribution >= 0.6 is 0 Å². The van der Waals surface area contributed by atoms with Crippen LogP contribution in [0, 0.1) is 17.3 Å². The molecule has 0 spiro atoms. The quantitative estimate of drug-likeness (QED) is 0.770. The van der Waals surface area contributed by atoms with Crippen molar-refractivity contribution in [2.75, 3.05) is 26.2 Å². The standard InChI is InChI=1S/C17H24N2O4/c1-2-7-18-10-17(16(22)23)11-19(9-13(17)15(18)21)14(20)8-12-5-3-4-6-12/h2,12-13H,1,3-11H2,(H,22,23)/t13-,17+/m0/s1. The number of rotatable bonds is 5. The molecular formula is C17H24N2O4. The first-order chi connectivity index (χ1) is 11.0. The Labute approximate surface area is 136 Å². The van der Waals surface area contributed by atoms with Gasteiger partial charge in [-0.3, -0.25) is 14.4 Å². The molecule has 126 valence electrons. The van der Waals surface area contributed by atoms with E-state index >= 15 is 0 Å². The molecule has 0 aromatic heterocycles. The number of aliphatic carboxylic acids is 1. The van der Waals surface area contributed by atoms with E-state index in [1.165, 1.54) is 12.8 Å². The van der Waals surface area contributed by atoms with E-state index in [2.05, 4.69) is 6.58 Å². The number of carbonyl (C=O) groups is 3. The van der Waals surface area contributed by atoms with Crippen LogP contribution in [-0.4, -0.2) is 58.9 Å². The summed E-state index contributed by atoms with van der Waals surface area (Å²) in [6, 6.07) is 0. The third-order valence-corrected chi connectivity index (χ3v) is 5.69. The van der Waals surface area contributed by atoms with Crippen LogP contribution in [0.15, 0.2) is 12.7 Å². The number of fused-ring (bicyclic) bond motifs is 1. The molecule has 0 aromatic rings. The van der Waals surface area contributed by atoms with Gasteiger partial charge >= 0.3 is 5.97 Å². The molecule has 2 atom stereocenters. The van der Waals surface area contributed by atoms with Gasteiger partial charge in [0.2, 0.25) is 11.8 Å². The zero-order valence-corrected chi connectivity index (χ0v) is 13.4. The van der Waals surface area contributed by atoms with E-state index in [1.807, 2.05) is 0 Å². The number of carboxylic acid groups (broad SMARTS) is 1. The molecule has 1 N–H and O–H groups in total. The molecule has 2 heterocycles. The minimum absolute atomic E-state index is 0.00926. The maximum absolute atomic E-state index is 12.5. The largest absolute Gasteiger partial charge is 0.481 e. The van der Waals surface area contributed by atoms with Crippen LogP contribution in [0.25, 0.3) is 0 Å². The average molecular weight is 320 g/mol. The van der Waals surface area contributed by atoms with Gasteiger partial charge in [0.1, 0.15) is 5.41 Å². The molecule has 2 aliphatic heterocycles. The number of amides is 2. The van der Waals surface area contributed by atoms with Crippen molar-refractivity contribution in [1.82, 2.24) is 9.80 Å². The second kappa shape index (κ2) is 5.98. The van der Waals surface area contributed by atoms with Gasteiger partial charge in [0.25, 0.3) is 0 Å². The van der Waals surface area contributed by atoms with Crippen LogP contribution in [0.5, 0.6) is 0 Å². The molecule has 23 heavy (non-hydrogen) atoms. The van der Waals surface area contributed by atoms with Crippen LogP contribution in [0.4, 0.5) is 0 Å². The minimum atomic E-state index is -1.15. The molecular weight excluding hydrogens is 296 g/mol. The molecule has 3 aliphatic rings. The summed E-state index contributed by atoms with van der Waals surface area (Å²) in [4.78, 5) is 40.0. The lowest BCUT2D eigenvalue weighted by Crippen LogP contribution is -2.42. The molecule has 0 bridgehead atoms. The van der Waals surface area contributed by atoms with Crippen LogP contribution in [0.2, 0.25) is 0 Å². The summed E-state index contributed by atoms with van der Waals surface area (Å²) < 4.78 is 0. The molecule has 2 saturated heterocycles. The van der Waals surface area contributed by atoms with Crippen molar-refractivity contribution >= 4 is 17.8 Å². The van der Waals surface area contributed by atoms with E-state index in [9.17, 15) is 19.5 Å². The van der Waals surface area contributed by atoms with Crippen molar-refractivity contribution in [3.63, 3.8) is 0 Å². The van der Waals surface area contributed by atoms with Gasteiger partial charge in [-0.2, -0.15) is 0 Å². The molecule has 0 aromatic carbocycles. The van der Waals surface area contributed by atoms with E-state index < -0.39 is 17.3 Å². The molecule has 3 fully saturated rings. The van der Waals surface area contributed by atoms with Crippen molar-refractivity contribution in [3.8, 4) is 0 Å². The zero-order chi connectivity index (χ0) is 16.6. The van der Waals surface area contributed by atoms with E-state index in [-0.39, 0.29) is 31.4 Å². The molecule has 6 nitrogen and oxygen atoms in total. The molecule has 0 radical (unpaired) electrons. The lowest BCUT2D eigenvalue weighted by Gasteiger charge is -2.25. The fraction of sp³-hybridized carbons (Fsp3) is 0.706. The van der Waals surface area contributed by atoms with Crippen molar-refractivity contribution in [2.24, 2.45) is 17.3 Å². The normalized spacial score (nSPS) is 30.8. The minimum Gasteiger partial charge on any atom is -0.481 e. The molecule has 6 heteroatoms. The topological polar surface area (TPSA) is 77.9 Å². The number of likely N-dealkylation sites (tertiary alicyclic amines) is 2. The van der Waals surface area contributed by atoms with Gasteiger partial charge in [0.05, 0.1) is 5.92 Å². The zero-order valence-electron chi connectivity index (χ0n) is 13.4. The fourth-order valence-electron chi connectivity index (χ4n) is 4.40. The van der Waals surface area contributed by atoms with Gasteiger partial charge < -0.3 is 14.9 Å². The predicted molar refractivity (Wildman–Crippen MR) is 83.5 cm³/mol. The highest BCUT2D eigenvalue weighted by atomic mass is 16.4. The lowest BCUT2D eigenvalue weighted by atomic mass is 9.81. The average Bonchev–Trinajstić information content (AvgIpc) is 3.18. The Morgan fingerprint density at radius 3 is 2.57 bits per heavy atom. The Hall–Kier alpha value is -1.85. The molecule has 2 amide bonds. The SMILES string of the molecule is C=CCN1C[C@@]2(C(=O)O)CN(C(=O)CC3CCCC3)C[C@H]2C1=O. The Bertz CT molecular complexity index is 541. The Morgan fingerprint density at radius 2 is 2.00 bits per heavy atom. The smallest absolute Gasteiger partial charge is 0.314 e. The lowest BCUT2D eigenvalue weighted by molar-refractivity contribution is -0.150. The third kappa shape index (κ3) is 2.64. The van der Waals surface area contributed by atoms with Crippen LogP contribution in [0.1, 0.15) is 32.1 Å². The number of carbonyl (C=O) groups excluding carboxylic acids is 2. The van der Waals surface area contributed by atoms with Gasteiger partial charge in [0, 0.05) is 32.6 Å². The number of nitrogens with zero attached hydrogens (tertiary/aromatic N) is 2. The predicted octanol–water partition coefficient (Wildman–Crippen LogP) is 1.12. The molecule has 1 saturated carbocycles. The van der Waals surface area contributed by atoms with E-state index in [0.717, 1.165) is 12.8 Å². The second-order valence-corrected chi connectivity index (χ2v) is 7.15. The van der Waals surface area contributed by atoms with Gasteiger partial charge in [-0.05, 0) is 18.8 Å². The van der Waals surface area contributed by atoms with Gasteiger partial charge in [-0.25, -0.2) is 0 Å². The number of hydrogen-bond acceptors (Lipinski definition) is 3. The Kier molecular flexibility index (Phi) is 4.17. The third-order valence-electron chi connectivity index (χ3n) is 5.69. The van der Waals surface area contributed by atoms with Crippen molar-refractivity contribution in [2.45, 2.75) is 32.1 Å². The first kappa shape index (κ1) is 16.0. The van der Waals surface area contributed by atoms with Crippen molar-refractivity contribution < 1.29 is 19.5 Å². The summed E-state index contributed by atoms with van der Waals surface area (Å²) in [6.07, 6.45) is 6.62. The Morgan fingerprint density at radius 1 is 1.30 bits per heavy atom. The maximum atomic E-state index is 12.5. The summed E-state index contributed by atoms with van der Waals surface area (Å²) in [5.74, 6) is -1.32. The Balaban J connectivity index is 1.72. The monoisotopic (exact) mass is 320 g/mol. The summed E-state index contributed by atoms with van der Waals surface area (Å²) in [7, 11) is 0. The highest BCUT2D eigenvalue weighted by Gasteiger charge is 2.62. The first-order valence-electron chi connectivity index (χ1n) is 8.39. The molecule has 0 unspecified atom stereocenters. The van der Waals surface area contributed by atoms with Crippen molar-refractivity contribution in [1.29, 1.82) is 0 Å². The maximum Gasteiger partial charge on any atom is 0.314 e. The van der Waals surface area contributed by atoms with E-state index in [4.69, 9.17) is 0 Å². The highest BCUT2D eigenvalue weighted by Crippen LogP contribution is 2.44. The summed E-state index contributed by atoms with van der Waals surface area (Å²) in [5.41, 5.74) is -1.15. The van der Waals surface area contributed by atoms with Crippen LogP contribution in [-0.2, 0) is 14.4 Å². The highest BCUT2D eigenvalue weighted by molar-refractivity contribution is 5.94. The fourth-order valence-corrected chi connectivity index (χ4v) is 4.40. The summed E-state index contributed by atoms with van der Waals surface area (Å²) in [6.45, 7) is 4.54. The van der Waals surface area contributed by atoms with Gasteiger partial charge in [-0.15, -0.1) is 6.58 Å². The molecule has 1 aliphatic carbocycles. The van der Waals surface area contributed by atoms with E-state index in [0.29, 0.717) is 18.9 Å². The number of carboxylic acids is 1. The summed E-state index contributed by atoms with van der Waals surface area (Å²) in [5, 5.41) is 9.72. The number of hydrogen-bond donors (Lipinski definition) is 1. The van der Waals surface area contributed by atoms with Crippen LogP contribution in [0.3, 0.4) is 0 Å². The van der Waals surface area contributed by atoms with Gasteiger partial charge in [-0.1, -0.05) is 18.9 Å². The summed E-state index contributed by atoms with van der Waals surface area (Å²) >= 11 is 0. The van der Waals surface area contributed by atoms with Crippen LogP contribution < -0.4 is 0 Å². The van der Waals surface area contributed by atoms with E-state index in [1.54, 1.807) is 15.9 Å². The van der Waals surface area contributed by atoms with Gasteiger partial charge in [0.15, 0.2) is 0 Å². The second-order valence-electron chi connectivity index (χ2n) is 7.15. The van der Waals surface area contributed by atoms with Crippen molar-refractivity contribution in [3.05, 3.63) is 12.7 Å². The molecule has 3 rings (SSSR count). The first-order valence-corrected chi connectivity index (χ1v) is 8.39.